The summed E-state index contributed by atoms with van der Waals surface area (Å²) in [6.45, 7) is 4.22. The first-order valence-electron chi connectivity index (χ1n) is 7.03. The number of nitrogens with one attached hydrogen (secondary N) is 2. The Kier molecular flexibility index (Phi) is 4.39. The van der Waals surface area contributed by atoms with Crippen molar-refractivity contribution in [2.75, 3.05) is 17.7 Å². The number of aromatic nitrogens is 2. The van der Waals surface area contributed by atoms with Crippen LogP contribution in [0, 0.1) is 12.8 Å². The molecule has 0 radical (unpaired) electrons. The standard InChI is InChI=1S/C14H24N4/c1-4-11-7-5-6-8-12(11)18-14-9-13(15-3)16-10(2)17-14/h9,11-12H,4-8H2,1-3H3,(H2,15,16,17,18). The quantitative estimate of drug-likeness (QED) is 0.859. The molecule has 0 bridgehead atoms. The number of anilines is 2. The fourth-order valence-corrected chi connectivity index (χ4v) is 2.85. The summed E-state index contributed by atoms with van der Waals surface area (Å²) in [6.07, 6.45) is 6.56. The van der Waals surface area contributed by atoms with Gasteiger partial charge in [0.2, 0.25) is 0 Å². The van der Waals surface area contributed by atoms with Gasteiger partial charge in [0.25, 0.3) is 0 Å². The molecule has 1 aliphatic carbocycles. The van der Waals surface area contributed by atoms with E-state index in [0.717, 1.165) is 23.4 Å². The number of nitrogens with zero attached hydrogens (tertiary/aromatic N) is 2. The predicted molar refractivity (Wildman–Crippen MR) is 76.0 cm³/mol. The summed E-state index contributed by atoms with van der Waals surface area (Å²) in [4.78, 5) is 8.80. The van der Waals surface area contributed by atoms with Crippen molar-refractivity contribution >= 4 is 11.6 Å². The van der Waals surface area contributed by atoms with Crippen LogP contribution in [0.25, 0.3) is 0 Å². The van der Waals surface area contributed by atoms with Gasteiger partial charge < -0.3 is 10.6 Å². The van der Waals surface area contributed by atoms with Crippen LogP contribution < -0.4 is 10.6 Å². The lowest BCUT2D eigenvalue weighted by atomic mass is 9.83. The van der Waals surface area contributed by atoms with E-state index >= 15 is 0 Å². The molecule has 0 aliphatic heterocycles. The van der Waals surface area contributed by atoms with E-state index in [4.69, 9.17) is 0 Å². The van der Waals surface area contributed by atoms with E-state index < -0.39 is 0 Å². The molecule has 1 aromatic rings. The zero-order valence-corrected chi connectivity index (χ0v) is 11.7. The van der Waals surface area contributed by atoms with Crippen LogP contribution in [0.3, 0.4) is 0 Å². The molecule has 4 nitrogen and oxygen atoms in total. The van der Waals surface area contributed by atoms with Crippen molar-refractivity contribution in [1.29, 1.82) is 0 Å². The SMILES string of the molecule is CCC1CCCCC1Nc1cc(NC)nc(C)n1. The van der Waals surface area contributed by atoms with Crippen molar-refractivity contribution in [3.63, 3.8) is 0 Å². The maximum Gasteiger partial charge on any atom is 0.132 e. The normalized spacial score (nSPS) is 23.7. The highest BCUT2D eigenvalue weighted by Crippen LogP contribution is 2.29. The van der Waals surface area contributed by atoms with Crippen LogP contribution in [0.2, 0.25) is 0 Å². The van der Waals surface area contributed by atoms with Crippen LogP contribution in [0.15, 0.2) is 6.07 Å². The van der Waals surface area contributed by atoms with E-state index in [-0.39, 0.29) is 0 Å². The van der Waals surface area contributed by atoms with Crippen LogP contribution in [0.5, 0.6) is 0 Å². The zero-order valence-electron chi connectivity index (χ0n) is 11.7. The van der Waals surface area contributed by atoms with Crippen molar-refractivity contribution in [3.8, 4) is 0 Å². The summed E-state index contributed by atoms with van der Waals surface area (Å²) in [6, 6.07) is 2.57. The van der Waals surface area contributed by atoms with Crippen LogP contribution in [-0.4, -0.2) is 23.1 Å². The second kappa shape index (κ2) is 6.03. The molecular formula is C14H24N4. The van der Waals surface area contributed by atoms with Crippen molar-refractivity contribution in [2.45, 2.75) is 52.0 Å². The maximum absolute atomic E-state index is 4.48. The topological polar surface area (TPSA) is 49.8 Å². The zero-order chi connectivity index (χ0) is 13.0. The fourth-order valence-electron chi connectivity index (χ4n) is 2.85. The smallest absolute Gasteiger partial charge is 0.132 e. The minimum atomic E-state index is 0.572. The molecule has 1 heterocycles. The summed E-state index contributed by atoms with van der Waals surface area (Å²) in [5.74, 6) is 3.44. The Hall–Kier alpha value is -1.32. The first-order chi connectivity index (χ1) is 8.72. The van der Waals surface area contributed by atoms with Crippen LogP contribution in [0.1, 0.15) is 44.9 Å². The Labute approximate surface area is 110 Å². The molecule has 0 spiro atoms. The Morgan fingerprint density at radius 2 is 1.94 bits per heavy atom. The molecule has 0 amide bonds. The lowest BCUT2D eigenvalue weighted by Gasteiger charge is -2.32. The van der Waals surface area contributed by atoms with Gasteiger partial charge in [0, 0.05) is 19.2 Å². The van der Waals surface area contributed by atoms with E-state index in [0.29, 0.717) is 6.04 Å². The number of hydrogen-bond donors (Lipinski definition) is 2. The van der Waals surface area contributed by atoms with E-state index in [2.05, 4.69) is 27.5 Å². The molecule has 2 rings (SSSR count). The Morgan fingerprint density at radius 3 is 2.67 bits per heavy atom. The molecular weight excluding hydrogens is 224 g/mol. The molecule has 18 heavy (non-hydrogen) atoms. The van der Waals surface area contributed by atoms with E-state index in [1.54, 1.807) is 0 Å². The van der Waals surface area contributed by atoms with E-state index in [1.165, 1.54) is 32.1 Å². The van der Waals surface area contributed by atoms with Gasteiger partial charge in [-0.05, 0) is 25.7 Å². The summed E-state index contributed by atoms with van der Waals surface area (Å²) in [5, 5.41) is 6.69. The highest BCUT2D eigenvalue weighted by atomic mass is 15.1. The Morgan fingerprint density at radius 1 is 1.22 bits per heavy atom. The van der Waals surface area contributed by atoms with Crippen LogP contribution in [-0.2, 0) is 0 Å². The van der Waals surface area contributed by atoms with Crippen molar-refractivity contribution in [1.82, 2.24) is 9.97 Å². The van der Waals surface area contributed by atoms with Gasteiger partial charge in [-0.15, -0.1) is 0 Å². The number of hydrogen-bond acceptors (Lipinski definition) is 4. The summed E-state index contributed by atoms with van der Waals surface area (Å²) < 4.78 is 0. The monoisotopic (exact) mass is 248 g/mol. The number of rotatable bonds is 4. The molecule has 0 aromatic carbocycles. The van der Waals surface area contributed by atoms with Gasteiger partial charge in [-0.3, -0.25) is 0 Å². The van der Waals surface area contributed by atoms with Gasteiger partial charge in [0.15, 0.2) is 0 Å². The molecule has 0 saturated heterocycles. The minimum Gasteiger partial charge on any atom is -0.373 e. The average molecular weight is 248 g/mol. The Bertz CT molecular complexity index is 391. The summed E-state index contributed by atoms with van der Waals surface area (Å²) in [5.41, 5.74) is 0. The molecule has 1 aliphatic rings. The van der Waals surface area contributed by atoms with Crippen LogP contribution in [0.4, 0.5) is 11.6 Å². The summed E-state index contributed by atoms with van der Waals surface area (Å²) >= 11 is 0. The Balaban J connectivity index is 2.09. The third-order valence-corrected chi connectivity index (χ3v) is 3.86. The second-order valence-corrected chi connectivity index (χ2v) is 5.14. The van der Waals surface area contributed by atoms with Gasteiger partial charge in [-0.25, -0.2) is 9.97 Å². The molecule has 1 aromatic heterocycles. The molecule has 2 N–H and O–H groups in total. The van der Waals surface area contributed by atoms with E-state index in [9.17, 15) is 0 Å². The lowest BCUT2D eigenvalue weighted by Crippen LogP contribution is -2.32. The molecule has 2 atom stereocenters. The van der Waals surface area contributed by atoms with Gasteiger partial charge in [-0.1, -0.05) is 26.2 Å². The van der Waals surface area contributed by atoms with Gasteiger partial charge in [0.1, 0.15) is 17.5 Å². The molecule has 1 saturated carbocycles. The second-order valence-electron chi connectivity index (χ2n) is 5.14. The summed E-state index contributed by atoms with van der Waals surface area (Å²) in [7, 11) is 1.89. The van der Waals surface area contributed by atoms with Crippen molar-refractivity contribution in [3.05, 3.63) is 11.9 Å². The average Bonchev–Trinajstić information content (AvgIpc) is 2.38. The highest BCUT2D eigenvalue weighted by Gasteiger charge is 2.23. The fraction of sp³-hybridized carbons (Fsp3) is 0.714. The third kappa shape index (κ3) is 3.12. The first-order valence-corrected chi connectivity index (χ1v) is 7.03. The predicted octanol–water partition coefficient (Wildman–Crippen LogP) is 3.21. The highest BCUT2D eigenvalue weighted by molar-refractivity contribution is 5.47. The van der Waals surface area contributed by atoms with Crippen molar-refractivity contribution < 1.29 is 0 Å². The van der Waals surface area contributed by atoms with E-state index in [1.807, 2.05) is 20.0 Å². The lowest BCUT2D eigenvalue weighted by molar-refractivity contribution is 0.317. The maximum atomic E-state index is 4.48. The third-order valence-electron chi connectivity index (χ3n) is 3.86. The first kappa shape index (κ1) is 13.1. The minimum absolute atomic E-state index is 0.572. The number of aryl methyl sites for hydroxylation is 1. The molecule has 1 fully saturated rings. The molecule has 2 unspecified atom stereocenters. The molecule has 4 heteroatoms. The van der Waals surface area contributed by atoms with Gasteiger partial charge in [-0.2, -0.15) is 0 Å². The van der Waals surface area contributed by atoms with Crippen LogP contribution >= 0.6 is 0 Å². The largest absolute Gasteiger partial charge is 0.373 e. The van der Waals surface area contributed by atoms with Crippen molar-refractivity contribution in [2.24, 2.45) is 5.92 Å². The molecule has 100 valence electrons. The van der Waals surface area contributed by atoms with Gasteiger partial charge >= 0.3 is 0 Å². The van der Waals surface area contributed by atoms with Gasteiger partial charge in [0.05, 0.1) is 0 Å².